The van der Waals surface area contributed by atoms with Crippen LogP contribution >= 0.6 is 11.3 Å². The van der Waals surface area contributed by atoms with Gasteiger partial charge in [0.1, 0.15) is 16.5 Å². The Labute approximate surface area is 190 Å². The van der Waals surface area contributed by atoms with E-state index in [1.165, 1.54) is 11.3 Å². The molecule has 1 aromatic carbocycles. The van der Waals surface area contributed by atoms with E-state index in [1.807, 2.05) is 30.3 Å². The van der Waals surface area contributed by atoms with Crippen molar-refractivity contribution in [3.8, 4) is 6.07 Å². The number of nitriles is 1. The van der Waals surface area contributed by atoms with E-state index in [0.717, 1.165) is 16.0 Å². The summed E-state index contributed by atoms with van der Waals surface area (Å²) < 4.78 is 10.8. The maximum atomic E-state index is 12.9. The zero-order valence-corrected chi connectivity index (χ0v) is 19.1. The van der Waals surface area contributed by atoms with Crippen LogP contribution in [0.25, 0.3) is 0 Å². The van der Waals surface area contributed by atoms with Crippen LogP contribution in [0.2, 0.25) is 0 Å². The average molecular weight is 449 g/mol. The van der Waals surface area contributed by atoms with E-state index in [0.29, 0.717) is 46.9 Å². The fourth-order valence-electron chi connectivity index (χ4n) is 4.32. The molecule has 4 rings (SSSR count). The molecule has 1 unspecified atom stereocenters. The van der Waals surface area contributed by atoms with E-state index in [1.54, 1.807) is 26.8 Å². The molecule has 1 N–H and O–H groups in total. The number of amides is 1. The Hall–Kier alpha value is -3.37. The number of nitrogens with one attached hydrogen (secondary N) is 1. The second-order valence-corrected chi connectivity index (χ2v) is 9.05. The normalized spacial score (nSPS) is 17.3. The highest BCUT2D eigenvalue weighted by atomic mass is 32.1. The highest BCUT2D eigenvalue weighted by Crippen LogP contribution is 2.45. The lowest BCUT2D eigenvalue weighted by atomic mass is 9.70. The van der Waals surface area contributed by atoms with Crippen molar-refractivity contribution >= 4 is 28.2 Å². The molecule has 3 aromatic rings. The number of fused-ring (bicyclic) bond motifs is 1. The number of hydrogen-bond donors (Lipinski definition) is 1. The summed E-state index contributed by atoms with van der Waals surface area (Å²) in [7, 11) is 0. The van der Waals surface area contributed by atoms with E-state index < -0.39 is 11.4 Å². The summed E-state index contributed by atoms with van der Waals surface area (Å²) >= 11 is 1.35. The molecule has 0 spiro atoms. The number of benzene rings is 1. The molecule has 0 aliphatic heterocycles. The molecule has 1 atom stereocenters. The molecule has 2 heterocycles. The summed E-state index contributed by atoms with van der Waals surface area (Å²) in [5, 5.41) is 13.5. The monoisotopic (exact) mass is 448 g/mol. The minimum Gasteiger partial charge on any atom is -0.466 e. The van der Waals surface area contributed by atoms with Gasteiger partial charge in [-0.2, -0.15) is 5.26 Å². The van der Waals surface area contributed by atoms with Crippen molar-refractivity contribution in [1.29, 1.82) is 5.26 Å². The molecule has 0 bridgehead atoms. The SMILES string of the molecule is CCOC(=O)c1c(NC(=O)c2cc(C)oc2C)sc2c1CCC(C#N)(c1ccccc1)C2. The molecule has 0 fully saturated rings. The van der Waals surface area contributed by atoms with Crippen molar-refractivity contribution in [1.82, 2.24) is 0 Å². The molecule has 32 heavy (non-hydrogen) atoms. The van der Waals surface area contributed by atoms with Crippen molar-refractivity contribution in [3.63, 3.8) is 0 Å². The predicted octanol–water partition coefficient (Wildman–Crippen LogP) is 5.34. The Bertz CT molecular complexity index is 1220. The third-order valence-electron chi connectivity index (χ3n) is 5.89. The fraction of sp³-hybridized carbons (Fsp3) is 0.320. The molecular weight excluding hydrogens is 424 g/mol. The minimum absolute atomic E-state index is 0.239. The molecular formula is C25H24N2O4S. The second kappa shape index (κ2) is 8.64. The van der Waals surface area contributed by atoms with Crippen LogP contribution < -0.4 is 5.32 Å². The van der Waals surface area contributed by atoms with Crippen LogP contribution in [0.5, 0.6) is 0 Å². The van der Waals surface area contributed by atoms with Crippen LogP contribution in [0.4, 0.5) is 5.00 Å². The van der Waals surface area contributed by atoms with Gasteiger partial charge in [0.15, 0.2) is 0 Å². The van der Waals surface area contributed by atoms with E-state index in [9.17, 15) is 14.9 Å². The quantitative estimate of drug-likeness (QED) is 0.532. The summed E-state index contributed by atoms with van der Waals surface area (Å²) in [6.07, 6.45) is 1.64. The maximum Gasteiger partial charge on any atom is 0.341 e. The van der Waals surface area contributed by atoms with Crippen molar-refractivity contribution in [2.45, 2.75) is 45.4 Å². The smallest absolute Gasteiger partial charge is 0.341 e. The van der Waals surface area contributed by atoms with Crippen LogP contribution in [0.3, 0.4) is 0 Å². The maximum absolute atomic E-state index is 12.9. The summed E-state index contributed by atoms with van der Waals surface area (Å²) in [5.41, 5.74) is 2.00. The Kier molecular flexibility index (Phi) is 5.90. The van der Waals surface area contributed by atoms with E-state index in [2.05, 4.69) is 11.4 Å². The first-order valence-corrected chi connectivity index (χ1v) is 11.4. The third-order valence-corrected chi connectivity index (χ3v) is 7.03. The molecule has 1 aliphatic carbocycles. The van der Waals surface area contributed by atoms with Crippen molar-refractivity contribution < 1.29 is 18.7 Å². The van der Waals surface area contributed by atoms with Crippen LogP contribution in [0.15, 0.2) is 40.8 Å². The van der Waals surface area contributed by atoms with Crippen molar-refractivity contribution in [2.75, 3.05) is 11.9 Å². The number of rotatable bonds is 5. The predicted molar refractivity (Wildman–Crippen MR) is 122 cm³/mol. The number of nitrogens with zero attached hydrogens (tertiary/aromatic N) is 1. The molecule has 2 aromatic heterocycles. The van der Waals surface area contributed by atoms with Crippen LogP contribution in [0.1, 0.15) is 61.6 Å². The third kappa shape index (κ3) is 3.82. The van der Waals surface area contributed by atoms with Gasteiger partial charge in [0.2, 0.25) is 0 Å². The van der Waals surface area contributed by atoms with Crippen molar-refractivity contribution in [3.05, 3.63) is 75.0 Å². The van der Waals surface area contributed by atoms with Gasteiger partial charge in [-0.3, -0.25) is 4.79 Å². The van der Waals surface area contributed by atoms with Crippen LogP contribution in [0, 0.1) is 25.2 Å². The topological polar surface area (TPSA) is 92.3 Å². The van der Waals surface area contributed by atoms with Gasteiger partial charge in [0.25, 0.3) is 5.91 Å². The number of aryl methyl sites for hydroxylation is 2. The largest absolute Gasteiger partial charge is 0.466 e. The van der Waals surface area contributed by atoms with Gasteiger partial charge >= 0.3 is 5.97 Å². The fourth-order valence-corrected chi connectivity index (χ4v) is 5.66. The van der Waals surface area contributed by atoms with Gasteiger partial charge in [-0.05, 0) is 50.8 Å². The van der Waals surface area contributed by atoms with Crippen LogP contribution in [-0.2, 0) is 23.0 Å². The molecule has 1 amide bonds. The number of furan rings is 1. The number of carbonyl (C=O) groups excluding carboxylic acids is 2. The zero-order valence-electron chi connectivity index (χ0n) is 18.3. The van der Waals surface area contributed by atoms with Gasteiger partial charge in [-0.25, -0.2) is 4.79 Å². The van der Waals surface area contributed by atoms with E-state index in [-0.39, 0.29) is 12.5 Å². The molecule has 7 heteroatoms. The van der Waals surface area contributed by atoms with Crippen molar-refractivity contribution in [2.24, 2.45) is 0 Å². The molecule has 6 nitrogen and oxygen atoms in total. The second-order valence-electron chi connectivity index (χ2n) is 7.95. The summed E-state index contributed by atoms with van der Waals surface area (Å²) in [5.74, 6) is 0.375. The number of esters is 1. The number of carbonyl (C=O) groups is 2. The van der Waals surface area contributed by atoms with E-state index in [4.69, 9.17) is 9.15 Å². The lowest BCUT2D eigenvalue weighted by Crippen LogP contribution is -2.31. The number of thiophene rings is 1. The number of ether oxygens (including phenoxy) is 1. The molecule has 0 saturated carbocycles. The van der Waals surface area contributed by atoms with Crippen LogP contribution in [-0.4, -0.2) is 18.5 Å². The van der Waals surface area contributed by atoms with Gasteiger partial charge < -0.3 is 14.5 Å². The van der Waals surface area contributed by atoms with Gasteiger partial charge in [0, 0.05) is 11.3 Å². The average Bonchev–Trinajstić information content (AvgIpc) is 3.32. The highest BCUT2D eigenvalue weighted by Gasteiger charge is 2.40. The zero-order chi connectivity index (χ0) is 22.9. The molecule has 0 radical (unpaired) electrons. The standard InChI is InChI=1S/C25H24N2O4S/c1-4-30-24(29)21-18-10-11-25(14-26,17-8-6-5-7-9-17)13-20(18)32-23(21)27-22(28)19-12-15(2)31-16(19)3/h5-9,12H,4,10-11,13H2,1-3H3,(H,27,28). The van der Waals surface area contributed by atoms with Gasteiger partial charge in [-0.1, -0.05) is 30.3 Å². The number of hydrogen-bond acceptors (Lipinski definition) is 6. The Morgan fingerprint density at radius 1 is 1.28 bits per heavy atom. The van der Waals surface area contributed by atoms with Gasteiger partial charge in [-0.15, -0.1) is 11.3 Å². The lowest BCUT2D eigenvalue weighted by Gasteiger charge is -2.31. The Morgan fingerprint density at radius 3 is 2.66 bits per heavy atom. The lowest BCUT2D eigenvalue weighted by molar-refractivity contribution is 0.0526. The summed E-state index contributed by atoms with van der Waals surface area (Å²) in [4.78, 5) is 26.7. The molecule has 0 saturated heterocycles. The minimum atomic E-state index is -0.662. The molecule has 164 valence electrons. The van der Waals surface area contributed by atoms with E-state index >= 15 is 0 Å². The summed E-state index contributed by atoms with van der Waals surface area (Å²) in [6.45, 7) is 5.50. The first-order valence-electron chi connectivity index (χ1n) is 10.6. The first kappa shape index (κ1) is 21.8. The Morgan fingerprint density at radius 2 is 2.03 bits per heavy atom. The Balaban J connectivity index is 1.74. The summed E-state index contributed by atoms with van der Waals surface area (Å²) in [6, 6.07) is 13.9. The highest BCUT2D eigenvalue weighted by molar-refractivity contribution is 7.17. The van der Waals surface area contributed by atoms with Gasteiger partial charge in [0.05, 0.1) is 29.2 Å². The molecule has 1 aliphatic rings. The first-order chi connectivity index (χ1) is 15.4. The number of anilines is 1.